The van der Waals surface area contributed by atoms with Gasteiger partial charge in [0.15, 0.2) is 5.82 Å². The molecular weight excluding hydrogens is 288 g/mol. The van der Waals surface area contributed by atoms with E-state index >= 15 is 0 Å². The SMILES string of the molecule is CC1CC[C@@H](C)CN(c2cc(-c3ccccc3O)nnc2N)C1. The molecule has 3 rings (SSSR count). The van der Waals surface area contributed by atoms with Crippen LogP contribution in [0.1, 0.15) is 26.7 Å². The van der Waals surface area contributed by atoms with Crippen molar-refractivity contribution < 1.29 is 5.11 Å². The Morgan fingerprint density at radius 3 is 2.39 bits per heavy atom. The molecule has 0 bridgehead atoms. The Labute approximate surface area is 137 Å². The summed E-state index contributed by atoms with van der Waals surface area (Å²) in [6.45, 7) is 6.50. The van der Waals surface area contributed by atoms with E-state index in [4.69, 9.17) is 5.73 Å². The molecule has 1 aromatic carbocycles. The third kappa shape index (κ3) is 3.38. The predicted molar refractivity (Wildman–Crippen MR) is 93.3 cm³/mol. The smallest absolute Gasteiger partial charge is 0.169 e. The molecule has 0 amide bonds. The fourth-order valence-electron chi connectivity index (χ4n) is 3.24. The summed E-state index contributed by atoms with van der Waals surface area (Å²) < 4.78 is 0. The second-order valence-corrected chi connectivity index (χ2v) is 6.71. The monoisotopic (exact) mass is 312 g/mol. The van der Waals surface area contributed by atoms with E-state index in [2.05, 4.69) is 28.9 Å². The van der Waals surface area contributed by atoms with Crippen molar-refractivity contribution in [3.63, 3.8) is 0 Å². The molecule has 1 aliphatic heterocycles. The molecule has 2 aromatic rings. The number of hydrogen-bond donors (Lipinski definition) is 2. The predicted octanol–water partition coefficient (Wildman–Crippen LogP) is 3.30. The number of hydrogen-bond acceptors (Lipinski definition) is 5. The van der Waals surface area contributed by atoms with E-state index in [0.717, 1.165) is 18.8 Å². The first kappa shape index (κ1) is 15.6. The third-order valence-electron chi connectivity index (χ3n) is 4.54. The number of nitrogen functional groups attached to an aromatic ring is 1. The van der Waals surface area contributed by atoms with Gasteiger partial charge in [-0.15, -0.1) is 10.2 Å². The van der Waals surface area contributed by atoms with Gasteiger partial charge in [0.2, 0.25) is 0 Å². The first-order chi connectivity index (χ1) is 11.0. The maximum absolute atomic E-state index is 10.1. The summed E-state index contributed by atoms with van der Waals surface area (Å²) in [5.74, 6) is 1.91. The Balaban J connectivity index is 1.99. The van der Waals surface area contributed by atoms with Crippen LogP contribution >= 0.6 is 0 Å². The van der Waals surface area contributed by atoms with Gasteiger partial charge in [0.25, 0.3) is 0 Å². The molecule has 0 saturated carbocycles. The summed E-state index contributed by atoms with van der Waals surface area (Å²) in [7, 11) is 0. The lowest BCUT2D eigenvalue weighted by Gasteiger charge is -2.27. The number of rotatable bonds is 2. The normalized spacial score (nSPS) is 21.9. The van der Waals surface area contributed by atoms with Crippen molar-refractivity contribution >= 4 is 11.5 Å². The molecule has 5 heteroatoms. The van der Waals surface area contributed by atoms with E-state index < -0.39 is 0 Å². The molecule has 1 fully saturated rings. The van der Waals surface area contributed by atoms with Crippen molar-refractivity contribution in [3.05, 3.63) is 30.3 Å². The highest BCUT2D eigenvalue weighted by molar-refractivity contribution is 5.74. The lowest BCUT2D eigenvalue weighted by molar-refractivity contribution is 0.477. The largest absolute Gasteiger partial charge is 0.507 e. The highest BCUT2D eigenvalue weighted by Gasteiger charge is 2.22. The van der Waals surface area contributed by atoms with E-state index in [1.165, 1.54) is 12.8 Å². The van der Waals surface area contributed by atoms with Crippen molar-refractivity contribution in [1.29, 1.82) is 0 Å². The van der Waals surface area contributed by atoms with Gasteiger partial charge in [0.1, 0.15) is 5.75 Å². The van der Waals surface area contributed by atoms with Crippen molar-refractivity contribution in [2.45, 2.75) is 26.7 Å². The number of phenols is 1. The average molecular weight is 312 g/mol. The highest BCUT2D eigenvalue weighted by atomic mass is 16.3. The molecule has 122 valence electrons. The molecular formula is C18H24N4O. The van der Waals surface area contributed by atoms with Gasteiger partial charge in [0.05, 0.1) is 11.4 Å². The number of phenolic OH excluding ortho intramolecular Hbond substituents is 1. The van der Waals surface area contributed by atoms with E-state index in [1.54, 1.807) is 12.1 Å². The van der Waals surface area contributed by atoms with Crippen LogP contribution in [0.4, 0.5) is 11.5 Å². The third-order valence-corrected chi connectivity index (χ3v) is 4.54. The minimum atomic E-state index is 0.204. The first-order valence-corrected chi connectivity index (χ1v) is 8.21. The van der Waals surface area contributed by atoms with Crippen LogP contribution in [0.5, 0.6) is 5.75 Å². The molecule has 1 aromatic heterocycles. The molecule has 23 heavy (non-hydrogen) atoms. The highest BCUT2D eigenvalue weighted by Crippen LogP contribution is 2.33. The van der Waals surface area contributed by atoms with Gasteiger partial charge >= 0.3 is 0 Å². The summed E-state index contributed by atoms with van der Waals surface area (Å²) >= 11 is 0. The molecule has 2 heterocycles. The van der Waals surface area contributed by atoms with Gasteiger partial charge in [-0.2, -0.15) is 0 Å². The van der Waals surface area contributed by atoms with Crippen LogP contribution in [0.25, 0.3) is 11.3 Å². The number of aromatic hydroxyl groups is 1. The Morgan fingerprint density at radius 1 is 1.09 bits per heavy atom. The molecule has 1 saturated heterocycles. The minimum absolute atomic E-state index is 0.204. The van der Waals surface area contributed by atoms with Gasteiger partial charge in [-0.1, -0.05) is 26.0 Å². The molecule has 1 aliphatic rings. The first-order valence-electron chi connectivity index (χ1n) is 8.21. The van der Waals surface area contributed by atoms with Crippen molar-refractivity contribution in [2.24, 2.45) is 11.8 Å². The fourth-order valence-corrected chi connectivity index (χ4v) is 3.24. The number of benzene rings is 1. The van der Waals surface area contributed by atoms with Crippen LogP contribution in [0.3, 0.4) is 0 Å². The van der Waals surface area contributed by atoms with Crippen LogP contribution in [0.2, 0.25) is 0 Å². The van der Waals surface area contributed by atoms with Gasteiger partial charge < -0.3 is 15.7 Å². The minimum Gasteiger partial charge on any atom is -0.507 e. The van der Waals surface area contributed by atoms with Gasteiger partial charge in [0, 0.05) is 18.7 Å². The number of nitrogens with zero attached hydrogens (tertiary/aromatic N) is 3. The number of para-hydroxylation sites is 1. The standard InChI is InChI=1S/C18H24N4O/c1-12-7-8-13(2)11-22(10-12)16-9-15(20-21-18(16)19)14-5-3-4-6-17(14)23/h3-6,9,12-13,23H,7-8,10-11H2,1-2H3,(H2,19,21)/t12-,13?/m1/s1. The number of nitrogens with two attached hydrogens (primary N) is 1. The zero-order chi connectivity index (χ0) is 16.4. The van der Waals surface area contributed by atoms with E-state index in [9.17, 15) is 5.11 Å². The Morgan fingerprint density at radius 2 is 1.74 bits per heavy atom. The molecule has 1 unspecified atom stereocenters. The zero-order valence-corrected chi connectivity index (χ0v) is 13.7. The Bertz CT molecular complexity index is 676. The van der Waals surface area contributed by atoms with Crippen LogP contribution in [-0.2, 0) is 0 Å². The second-order valence-electron chi connectivity index (χ2n) is 6.71. The van der Waals surface area contributed by atoms with Crippen LogP contribution in [-0.4, -0.2) is 28.4 Å². The lowest BCUT2D eigenvalue weighted by atomic mass is 10.0. The van der Waals surface area contributed by atoms with Crippen LogP contribution in [0, 0.1) is 11.8 Å². The van der Waals surface area contributed by atoms with Crippen LogP contribution in [0.15, 0.2) is 30.3 Å². The summed E-state index contributed by atoms with van der Waals surface area (Å²) in [4.78, 5) is 2.32. The molecule has 0 aliphatic carbocycles. The maximum atomic E-state index is 10.1. The second kappa shape index (κ2) is 6.44. The summed E-state index contributed by atoms with van der Waals surface area (Å²) in [6.07, 6.45) is 2.48. The molecule has 2 atom stereocenters. The molecule has 3 N–H and O–H groups in total. The lowest BCUT2D eigenvalue weighted by Crippen LogP contribution is -2.30. The van der Waals surface area contributed by atoms with Gasteiger partial charge in [-0.3, -0.25) is 0 Å². The van der Waals surface area contributed by atoms with Crippen molar-refractivity contribution in [1.82, 2.24) is 10.2 Å². The Kier molecular flexibility index (Phi) is 4.37. The average Bonchev–Trinajstić information content (AvgIpc) is 2.70. The topological polar surface area (TPSA) is 75.3 Å². The summed E-state index contributed by atoms with van der Waals surface area (Å²) in [5, 5.41) is 18.3. The van der Waals surface area contributed by atoms with Crippen molar-refractivity contribution in [2.75, 3.05) is 23.7 Å². The molecule has 5 nitrogen and oxygen atoms in total. The molecule has 0 radical (unpaired) electrons. The number of aromatic nitrogens is 2. The van der Waals surface area contributed by atoms with E-state index in [0.29, 0.717) is 28.9 Å². The molecule has 0 spiro atoms. The number of anilines is 2. The van der Waals surface area contributed by atoms with E-state index in [1.807, 2.05) is 18.2 Å². The van der Waals surface area contributed by atoms with Gasteiger partial charge in [-0.25, -0.2) is 0 Å². The summed E-state index contributed by atoms with van der Waals surface area (Å²) in [6, 6.07) is 9.11. The van der Waals surface area contributed by atoms with Crippen LogP contribution < -0.4 is 10.6 Å². The zero-order valence-electron chi connectivity index (χ0n) is 13.7. The summed E-state index contributed by atoms with van der Waals surface area (Å²) in [5.41, 5.74) is 8.34. The Hall–Kier alpha value is -2.30. The fraction of sp³-hybridized carbons (Fsp3) is 0.444. The van der Waals surface area contributed by atoms with Gasteiger partial charge in [-0.05, 0) is 42.9 Å². The maximum Gasteiger partial charge on any atom is 0.169 e. The van der Waals surface area contributed by atoms with Crippen molar-refractivity contribution in [3.8, 4) is 17.0 Å². The quantitative estimate of drug-likeness (QED) is 0.890. The van der Waals surface area contributed by atoms with E-state index in [-0.39, 0.29) is 5.75 Å².